The van der Waals surface area contributed by atoms with E-state index in [0.29, 0.717) is 16.7 Å². The third-order valence-electron chi connectivity index (χ3n) is 3.52. The fraction of sp³-hybridized carbons (Fsp3) is 0.111. The molecular weight excluding hydrogens is 370 g/mol. The molecule has 6 nitrogen and oxygen atoms in total. The second-order valence-electron chi connectivity index (χ2n) is 5.27. The standard InChI is InChI=1S/C18H16ClN5OS/c1-2-12-23(15-6-4-3-5-7-15)17(25)13-26-18-20-21-22-24(18)16-10-8-14(19)9-11-16/h2-11H,1,12-13H2. The topological polar surface area (TPSA) is 63.9 Å². The Morgan fingerprint density at radius 1 is 1.19 bits per heavy atom. The van der Waals surface area contributed by atoms with Crippen LogP contribution < -0.4 is 4.90 Å². The van der Waals surface area contributed by atoms with Crippen molar-refractivity contribution in [2.45, 2.75) is 5.16 Å². The van der Waals surface area contributed by atoms with Crippen LogP contribution in [-0.4, -0.2) is 38.4 Å². The summed E-state index contributed by atoms with van der Waals surface area (Å²) in [7, 11) is 0. The lowest BCUT2D eigenvalue weighted by Crippen LogP contribution is -2.32. The van der Waals surface area contributed by atoms with E-state index in [1.54, 1.807) is 27.8 Å². The number of benzene rings is 2. The van der Waals surface area contributed by atoms with Crippen LogP contribution in [0.3, 0.4) is 0 Å². The molecule has 26 heavy (non-hydrogen) atoms. The van der Waals surface area contributed by atoms with Crippen molar-refractivity contribution in [2.24, 2.45) is 0 Å². The molecule has 0 radical (unpaired) electrons. The molecule has 0 fully saturated rings. The molecule has 1 heterocycles. The number of hydrogen-bond donors (Lipinski definition) is 0. The molecule has 1 amide bonds. The summed E-state index contributed by atoms with van der Waals surface area (Å²) >= 11 is 7.19. The molecule has 0 saturated carbocycles. The van der Waals surface area contributed by atoms with E-state index >= 15 is 0 Å². The first-order valence-electron chi connectivity index (χ1n) is 7.82. The Morgan fingerprint density at radius 3 is 2.62 bits per heavy atom. The number of carbonyl (C=O) groups is 1. The van der Waals surface area contributed by atoms with Crippen LogP contribution in [0.5, 0.6) is 0 Å². The van der Waals surface area contributed by atoms with Gasteiger partial charge in [-0.1, -0.05) is 47.6 Å². The Kier molecular flexibility index (Phi) is 6.04. The minimum absolute atomic E-state index is 0.0493. The van der Waals surface area contributed by atoms with Crippen molar-refractivity contribution in [3.8, 4) is 5.69 Å². The molecule has 0 unspecified atom stereocenters. The van der Waals surface area contributed by atoms with E-state index in [-0.39, 0.29) is 11.7 Å². The van der Waals surface area contributed by atoms with Gasteiger partial charge in [-0.05, 0) is 46.8 Å². The van der Waals surface area contributed by atoms with Gasteiger partial charge in [-0.25, -0.2) is 0 Å². The number of halogens is 1. The largest absolute Gasteiger partial charge is 0.308 e. The highest BCUT2D eigenvalue weighted by atomic mass is 35.5. The minimum atomic E-state index is -0.0493. The summed E-state index contributed by atoms with van der Waals surface area (Å²) in [5.74, 6) is 0.156. The number of carbonyl (C=O) groups excluding carboxylic acids is 1. The Morgan fingerprint density at radius 2 is 1.92 bits per heavy atom. The molecule has 0 aliphatic rings. The van der Waals surface area contributed by atoms with E-state index in [9.17, 15) is 4.79 Å². The second kappa shape index (κ2) is 8.64. The molecule has 8 heteroatoms. The maximum Gasteiger partial charge on any atom is 0.237 e. The first-order valence-corrected chi connectivity index (χ1v) is 9.19. The van der Waals surface area contributed by atoms with Crippen molar-refractivity contribution in [1.82, 2.24) is 20.2 Å². The maximum absolute atomic E-state index is 12.7. The number of aromatic nitrogens is 4. The molecule has 3 rings (SSSR count). The van der Waals surface area contributed by atoms with Crippen LogP contribution in [-0.2, 0) is 4.79 Å². The molecule has 1 aromatic heterocycles. The first kappa shape index (κ1) is 18.2. The SMILES string of the molecule is C=CCN(C(=O)CSc1nnnn1-c1ccc(Cl)cc1)c1ccccc1. The zero-order valence-electron chi connectivity index (χ0n) is 13.8. The number of tetrazole rings is 1. The van der Waals surface area contributed by atoms with Gasteiger partial charge in [0.1, 0.15) is 0 Å². The molecule has 132 valence electrons. The summed E-state index contributed by atoms with van der Waals surface area (Å²) in [6.07, 6.45) is 1.70. The quantitative estimate of drug-likeness (QED) is 0.459. The highest BCUT2D eigenvalue weighted by Gasteiger charge is 2.17. The predicted molar refractivity (Wildman–Crippen MR) is 104 cm³/mol. The number of thioether (sulfide) groups is 1. The van der Waals surface area contributed by atoms with Gasteiger partial charge in [0.2, 0.25) is 11.1 Å². The van der Waals surface area contributed by atoms with Gasteiger partial charge in [-0.3, -0.25) is 4.79 Å². The molecule has 0 spiro atoms. The van der Waals surface area contributed by atoms with Crippen molar-refractivity contribution < 1.29 is 4.79 Å². The molecule has 0 aliphatic heterocycles. The van der Waals surface area contributed by atoms with Gasteiger partial charge in [-0.15, -0.1) is 11.7 Å². The van der Waals surface area contributed by atoms with E-state index in [1.165, 1.54) is 11.8 Å². The first-order chi connectivity index (χ1) is 12.7. The van der Waals surface area contributed by atoms with Crippen molar-refractivity contribution in [3.63, 3.8) is 0 Å². The fourth-order valence-corrected chi connectivity index (χ4v) is 3.20. The monoisotopic (exact) mass is 385 g/mol. The highest BCUT2D eigenvalue weighted by molar-refractivity contribution is 7.99. The fourth-order valence-electron chi connectivity index (χ4n) is 2.31. The van der Waals surface area contributed by atoms with Crippen molar-refractivity contribution in [1.29, 1.82) is 0 Å². The summed E-state index contributed by atoms with van der Waals surface area (Å²) in [5, 5.41) is 12.9. The van der Waals surface area contributed by atoms with Crippen LogP contribution in [0.25, 0.3) is 5.69 Å². The molecule has 0 aliphatic carbocycles. The third kappa shape index (κ3) is 4.30. The summed E-state index contributed by atoms with van der Waals surface area (Å²) in [6, 6.07) is 16.7. The van der Waals surface area contributed by atoms with E-state index < -0.39 is 0 Å². The van der Waals surface area contributed by atoms with Crippen LogP contribution in [0.15, 0.2) is 72.4 Å². The van der Waals surface area contributed by atoms with E-state index in [1.807, 2.05) is 42.5 Å². The smallest absolute Gasteiger partial charge is 0.237 e. The van der Waals surface area contributed by atoms with Crippen molar-refractivity contribution >= 4 is 35.0 Å². The van der Waals surface area contributed by atoms with Crippen LogP contribution in [0, 0.1) is 0 Å². The van der Waals surface area contributed by atoms with Crippen LogP contribution in [0.2, 0.25) is 5.02 Å². The van der Waals surface area contributed by atoms with E-state index in [2.05, 4.69) is 22.1 Å². The van der Waals surface area contributed by atoms with Gasteiger partial charge < -0.3 is 4.90 Å². The van der Waals surface area contributed by atoms with Gasteiger partial charge in [0.05, 0.1) is 11.4 Å². The zero-order chi connectivity index (χ0) is 18.4. The normalized spacial score (nSPS) is 10.5. The molecule has 3 aromatic rings. The lowest BCUT2D eigenvalue weighted by molar-refractivity contribution is -0.116. The van der Waals surface area contributed by atoms with Crippen LogP contribution >= 0.6 is 23.4 Å². The van der Waals surface area contributed by atoms with Gasteiger partial charge in [0, 0.05) is 17.3 Å². The van der Waals surface area contributed by atoms with Crippen molar-refractivity contribution in [3.05, 3.63) is 72.3 Å². The highest BCUT2D eigenvalue weighted by Crippen LogP contribution is 2.21. The van der Waals surface area contributed by atoms with Crippen molar-refractivity contribution in [2.75, 3.05) is 17.2 Å². The Balaban J connectivity index is 1.72. The Labute approximate surface area is 160 Å². The van der Waals surface area contributed by atoms with Crippen LogP contribution in [0.1, 0.15) is 0 Å². The maximum atomic E-state index is 12.7. The zero-order valence-corrected chi connectivity index (χ0v) is 15.4. The third-order valence-corrected chi connectivity index (χ3v) is 4.67. The second-order valence-corrected chi connectivity index (χ2v) is 6.65. The number of anilines is 1. The number of rotatable bonds is 7. The number of amides is 1. The molecular formula is C18H16ClN5OS. The molecule has 0 atom stereocenters. The number of hydrogen-bond acceptors (Lipinski definition) is 5. The summed E-state index contributed by atoms with van der Waals surface area (Å²) < 4.78 is 1.58. The van der Waals surface area contributed by atoms with E-state index in [4.69, 9.17) is 11.6 Å². The number of nitrogens with zero attached hydrogens (tertiary/aromatic N) is 5. The summed E-state index contributed by atoms with van der Waals surface area (Å²) in [4.78, 5) is 14.4. The molecule has 0 N–H and O–H groups in total. The summed E-state index contributed by atoms with van der Waals surface area (Å²) in [5.41, 5.74) is 1.61. The average molecular weight is 386 g/mol. The Bertz CT molecular complexity index is 882. The van der Waals surface area contributed by atoms with Gasteiger partial charge >= 0.3 is 0 Å². The van der Waals surface area contributed by atoms with E-state index in [0.717, 1.165) is 11.4 Å². The van der Waals surface area contributed by atoms with Crippen LogP contribution in [0.4, 0.5) is 5.69 Å². The van der Waals surface area contributed by atoms with Gasteiger partial charge in [0.25, 0.3) is 0 Å². The lowest BCUT2D eigenvalue weighted by Gasteiger charge is -2.20. The van der Waals surface area contributed by atoms with Gasteiger partial charge in [0.15, 0.2) is 0 Å². The molecule has 0 saturated heterocycles. The predicted octanol–water partition coefficient (Wildman–Crippen LogP) is 3.63. The summed E-state index contributed by atoms with van der Waals surface area (Å²) in [6.45, 7) is 4.17. The molecule has 2 aromatic carbocycles. The molecule has 0 bridgehead atoms. The van der Waals surface area contributed by atoms with Gasteiger partial charge in [-0.2, -0.15) is 4.68 Å². The average Bonchev–Trinajstić information content (AvgIpc) is 3.14. The number of para-hydroxylation sites is 1. The lowest BCUT2D eigenvalue weighted by atomic mass is 10.3. The Hall–Kier alpha value is -2.64. The minimum Gasteiger partial charge on any atom is -0.308 e.